The summed E-state index contributed by atoms with van der Waals surface area (Å²) in [5, 5.41) is 9.03. The Hall–Kier alpha value is -1.39. The van der Waals surface area contributed by atoms with Crippen LogP contribution in [0.15, 0.2) is 18.2 Å². The van der Waals surface area contributed by atoms with Gasteiger partial charge in [-0.15, -0.1) is 0 Å². The molecule has 18 heavy (non-hydrogen) atoms. The van der Waals surface area contributed by atoms with Crippen LogP contribution in [0.5, 0.6) is 0 Å². The maximum atomic E-state index is 9.03. The van der Waals surface area contributed by atoms with E-state index in [1.165, 1.54) is 5.56 Å². The number of imidazole rings is 1. The molecule has 4 nitrogen and oxygen atoms in total. The Balaban J connectivity index is 2.60. The number of nitrogens with zero attached hydrogens (tertiary/aromatic N) is 2. The van der Waals surface area contributed by atoms with Gasteiger partial charge in [-0.1, -0.05) is 6.07 Å². The average Bonchev–Trinajstić information content (AvgIpc) is 2.67. The van der Waals surface area contributed by atoms with E-state index in [9.17, 15) is 0 Å². The Morgan fingerprint density at radius 3 is 2.72 bits per heavy atom. The third kappa shape index (κ3) is 2.26. The Kier molecular flexibility index (Phi) is 3.68. The number of aliphatic hydroxyl groups excluding tert-OH is 1. The van der Waals surface area contributed by atoms with Gasteiger partial charge in [0.25, 0.3) is 0 Å². The van der Waals surface area contributed by atoms with Crippen molar-refractivity contribution in [3.05, 3.63) is 29.6 Å². The molecule has 98 valence electrons. The fourth-order valence-electron chi connectivity index (χ4n) is 2.30. The number of benzene rings is 1. The maximum absolute atomic E-state index is 9.03. The van der Waals surface area contributed by atoms with Crippen molar-refractivity contribution in [3.8, 4) is 0 Å². The van der Waals surface area contributed by atoms with Crippen LogP contribution >= 0.6 is 0 Å². The highest BCUT2D eigenvalue weighted by Gasteiger charge is 2.18. The zero-order valence-corrected chi connectivity index (χ0v) is 11.2. The Bertz CT molecular complexity index is 545. The van der Waals surface area contributed by atoms with E-state index in [1.807, 2.05) is 0 Å². The maximum Gasteiger partial charge on any atom is 0.127 e. The summed E-state index contributed by atoms with van der Waals surface area (Å²) < 4.78 is 2.16. The average molecular weight is 247 g/mol. The van der Waals surface area contributed by atoms with Crippen molar-refractivity contribution in [1.29, 1.82) is 0 Å². The zero-order chi connectivity index (χ0) is 13.3. The predicted octanol–water partition coefficient (Wildman–Crippen LogP) is 2.31. The lowest BCUT2D eigenvalue weighted by Gasteiger charge is -2.16. The fourth-order valence-corrected chi connectivity index (χ4v) is 2.30. The van der Waals surface area contributed by atoms with Gasteiger partial charge in [0.2, 0.25) is 0 Å². The number of aliphatic hydroxyl groups is 1. The van der Waals surface area contributed by atoms with Crippen molar-refractivity contribution in [2.24, 2.45) is 5.73 Å². The molecule has 0 bridgehead atoms. The number of hydrogen-bond acceptors (Lipinski definition) is 3. The van der Waals surface area contributed by atoms with Gasteiger partial charge in [0.05, 0.1) is 17.1 Å². The van der Waals surface area contributed by atoms with Gasteiger partial charge < -0.3 is 15.4 Å². The fraction of sp³-hybridized carbons (Fsp3) is 0.500. The van der Waals surface area contributed by atoms with E-state index in [0.717, 1.165) is 16.9 Å². The van der Waals surface area contributed by atoms with Crippen molar-refractivity contribution in [3.63, 3.8) is 0 Å². The van der Waals surface area contributed by atoms with Crippen LogP contribution in [0.25, 0.3) is 11.0 Å². The molecular weight excluding hydrogens is 226 g/mol. The standard InChI is InChI=1S/C14H21N3O/c1-9(2)17-13-5-4-10(3)8-12(13)16-14(17)11(15)6-7-18/h4-5,8-9,11,18H,6-7,15H2,1-3H3. The first-order chi connectivity index (χ1) is 8.54. The van der Waals surface area contributed by atoms with Gasteiger partial charge in [-0.05, 0) is 44.9 Å². The molecule has 1 unspecified atom stereocenters. The van der Waals surface area contributed by atoms with E-state index in [1.54, 1.807) is 0 Å². The molecule has 1 heterocycles. The molecule has 0 radical (unpaired) electrons. The molecule has 0 aliphatic heterocycles. The van der Waals surface area contributed by atoms with Crippen LogP contribution in [0.3, 0.4) is 0 Å². The molecule has 4 heteroatoms. The van der Waals surface area contributed by atoms with Crippen molar-refractivity contribution in [2.75, 3.05) is 6.61 Å². The van der Waals surface area contributed by atoms with Crippen molar-refractivity contribution in [1.82, 2.24) is 9.55 Å². The normalized spacial score (nSPS) is 13.4. The first-order valence-corrected chi connectivity index (χ1v) is 6.39. The summed E-state index contributed by atoms with van der Waals surface area (Å²) in [6.07, 6.45) is 0.537. The molecule has 1 aromatic heterocycles. The van der Waals surface area contributed by atoms with Crippen LogP contribution in [-0.2, 0) is 0 Å². The highest BCUT2D eigenvalue weighted by molar-refractivity contribution is 5.77. The Labute approximate surface area is 107 Å². The van der Waals surface area contributed by atoms with Crippen molar-refractivity contribution < 1.29 is 5.11 Å². The number of nitrogens with two attached hydrogens (primary N) is 1. The quantitative estimate of drug-likeness (QED) is 0.871. The summed E-state index contributed by atoms with van der Waals surface area (Å²) >= 11 is 0. The van der Waals surface area contributed by atoms with E-state index in [4.69, 9.17) is 10.8 Å². The van der Waals surface area contributed by atoms with Crippen molar-refractivity contribution >= 4 is 11.0 Å². The molecule has 3 N–H and O–H groups in total. The number of hydrogen-bond donors (Lipinski definition) is 2. The molecule has 1 atom stereocenters. The van der Waals surface area contributed by atoms with E-state index in [0.29, 0.717) is 12.5 Å². The van der Waals surface area contributed by atoms with Gasteiger partial charge in [-0.3, -0.25) is 0 Å². The zero-order valence-electron chi connectivity index (χ0n) is 11.2. The number of fused-ring (bicyclic) bond motifs is 1. The van der Waals surface area contributed by atoms with Crippen molar-refractivity contribution in [2.45, 2.75) is 39.3 Å². The summed E-state index contributed by atoms with van der Waals surface area (Å²) in [6, 6.07) is 6.34. The molecule has 0 amide bonds. The van der Waals surface area contributed by atoms with Crippen LogP contribution in [0.1, 0.15) is 43.7 Å². The van der Waals surface area contributed by atoms with E-state index >= 15 is 0 Å². The monoisotopic (exact) mass is 247 g/mol. The molecular formula is C14H21N3O. The lowest BCUT2D eigenvalue weighted by Crippen LogP contribution is -2.19. The molecule has 2 rings (SSSR count). The van der Waals surface area contributed by atoms with Crippen LogP contribution in [0.4, 0.5) is 0 Å². The number of aromatic nitrogens is 2. The van der Waals surface area contributed by atoms with Gasteiger partial charge in [-0.2, -0.15) is 0 Å². The highest BCUT2D eigenvalue weighted by Crippen LogP contribution is 2.25. The predicted molar refractivity (Wildman–Crippen MR) is 73.5 cm³/mol. The molecule has 0 saturated heterocycles. The topological polar surface area (TPSA) is 64.1 Å². The van der Waals surface area contributed by atoms with Crippen LogP contribution in [0, 0.1) is 6.92 Å². The van der Waals surface area contributed by atoms with Crippen LogP contribution in [-0.4, -0.2) is 21.3 Å². The lowest BCUT2D eigenvalue weighted by atomic mass is 10.2. The molecule has 0 spiro atoms. The molecule has 0 saturated carbocycles. The lowest BCUT2D eigenvalue weighted by molar-refractivity contribution is 0.273. The second-order valence-corrected chi connectivity index (χ2v) is 5.04. The molecule has 1 aromatic carbocycles. The second kappa shape index (κ2) is 5.08. The summed E-state index contributed by atoms with van der Waals surface area (Å²) in [5.41, 5.74) is 9.38. The van der Waals surface area contributed by atoms with E-state index < -0.39 is 0 Å². The van der Waals surface area contributed by atoms with Gasteiger partial charge in [0.1, 0.15) is 5.82 Å². The van der Waals surface area contributed by atoms with Gasteiger partial charge in [-0.25, -0.2) is 4.98 Å². The molecule has 0 aliphatic carbocycles. The first kappa shape index (κ1) is 13.1. The van der Waals surface area contributed by atoms with Crippen LogP contribution in [0.2, 0.25) is 0 Å². The first-order valence-electron chi connectivity index (χ1n) is 6.39. The Morgan fingerprint density at radius 2 is 2.11 bits per heavy atom. The summed E-state index contributed by atoms with van der Waals surface area (Å²) in [4.78, 5) is 4.64. The third-order valence-electron chi connectivity index (χ3n) is 3.16. The Morgan fingerprint density at radius 1 is 1.39 bits per heavy atom. The summed E-state index contributed by atoms with van der Waals surface area (Å²) in [5.74, 6) is 0.861. The van der Waals surface area contributed by atoms with Crippen LogP contribution < -0.4 is 5.73 Å². The van der Waals surface area contributed by atoms with Gasteiger partial charge >= 0.3 is 0 Å². The van der Waals surface area contributed by atoms with E-state index in [2.05, 4.69) is 48.5 Å². The third-order valence-corrected chi connectivity index (χ3v) is 3.16. The minimum Gasteiger partial charge on any atom is -0.396 e. The highest BCUT2D eigenvalue weighted by atomic mass is 16.3. The minimum absolute atomic E-state index is 0.0848. The summed E-state index contributed by atoms with van der Waals surface area (Å²) in [6.45, 7) is 6.38. The number of rotatable bonds is 4. The molecule has 0 fully saturated rings. The van der Waals surface area contributed by atoms with E-state index in [-0.39, 0.29) is 12.6 Å². The molecule has 0 aliphatic rings. The SMILES string of the molecule is Cc1ccc2c(c1)nc(C(N)CCO)n2C(C)C. The minimum atomic E-state index is -0.217. The summed E-state index contributed by atoms with van der Waals surface area (Å²) in [7, 11) is 0. The smallest absolute Gasteiger partial charge is 0.127 e. The molecule has 2 aromatic rings. The number of aryl methyl sites for hydroxylation is 1. The second-order valence-electron chi connectivity index (χ2n) is 5.04. The largest absolute Gasteiger partial charge is 0.396 e. The van der Waals surface area contributed by atoms with Gasteiger partial charge in [0.15, 0.2) is 0 Å². The van der Waals surface area contributed by atoms with Gasteiger partial charge in [0, 0.05) is 12.6 Å².